The lowest BCUT2D eigenvalue weighted by Crippen LogP contribution is -2.44. The molecule has 1 aromatic carbocycles. The Morgan fingerprint density at radius 3 is 2.69 bits per heavy atom. The number of ether oxygens (including phenoxy) is 2. The highest BCUT2D eigenvalue weighted by atomic mass is 19.1. The Balaban J connectivity index is 1.35. The summed E-state index contributed by atoms with van der Waals surface area (Å²) in [5.74, 6) is -0.0847. The first-order valence-corrected chi connectivity index (χ1v) is 10.3. The van der Waals surface area contributed by atoms with Gasteiger partial charge in [0.1, 0.15) is 5.82 Å². The van der Waals surface area contributed by atoms with Crippen molar-refractivity contribution in [1.29, 1.82) is 0 Å². The molecule has 2 aliphatic rings. The summed E-state index contributed by atoms with van der Waals surface area (Å²) in [4.78, 5) is 30.3. The van der Waals surface area contributed by atoms with Crippen LogP contribution < -0.4 is 5.43 Å². The van der Waals surface area contributed by atoms with Crippen molar-refractivity contribution in [2.24, 2.45) is 5.92 Å². The molecule has 3 heterocycles. The molecular weight excluding hydrogens is 375 g/mol. The number of nitrogens with zero attached hydrogens (tertiary/aromatic N) is 1. The molecule has 2 fully saturated rings. The fraction of sp³-hybridized carbons (Fsp3) is 0.545. The standard InChI is InChI=1S/C22H27FN2O4/c1-14-20(24-19-3-2-16(23)12-18(19)21(14)26)13-29-17-4-8-25(9-5-17)22(27)15-6-10-28-11-7-15/h2-3,12,15,17H,4-11,13H2,1H3,(H,24,26). The molecule has 7 heteroatoms. The number of amides is 1. The van der Waals surface area contributed by atoms with Gasteiger partial charge < -0.3 is 19.4 Å². The molecule has 0 radical (unpaired) electrons. The molecule has 0 bridgehead atoms. The van der Waals surface area contributed by atoms with Crippen molar-refractivity contribution in [3.05, 3.63) is 45.5 Å². The van der Waals surface area contributed by atoms with Crippen molar-refractivity contribution in [2.45, 2.75) is 45.3 Å². The van der Waals surface area contributed by atoms with Gasteiger partial charge in [0.25, 0.3) is 0 Å². The molecule has 29 heavy (non-hydrogen) atoms. The largest absolute Gasteiger partial charge is 0.381 e. The molecule has 1 N–H and O–H groups in total. The van der Waals surface area contributed by atoms with E-state index in [-0.39, 0.29) is 23.4 Å². The summed E-state index contributed by atoms with van der Waals surface area (Å²) in [7, 11) is 0. The summed E-state index contributed by atoms with van der Waals surface area (Å²) in [5, 5.41) is 0.353. The molecule has 0 aliphatic carbocycles. The van der Waals surface area contributed by atoms with E-state index in [0.717, 1.165) is 31.4 Å². The Hall–Kier alpha value is -2.25. The molecule has 0 atom stereocenters. The van der Waals surface area contributed by atoms with Crippen LogP contribution in [0.4, 0.5) is 4.39 Å². The van der Waals surface area contributed by atoms with E-state index in [2.05, 4.69) is 4.98 Å². The molecule has 156 valence electrons. The Kier molecular flexibility index (Phi) is 5.96. The van der Waals surface area contributed by atoms with Crippen molar-refractivity contribution in [3.8, 4) is 0 Å². The number of carbonyl (C=O) groups is 1. The summed E-state index contributed by atoms with van der Waals surface area (Å²) in [5.41, 5.74) is 1.70. The quantitative estimate of drug-likeness (QED) is 0.854. The number of H-pyrrole nitrogens is 1. The maximum absolute atomic E-state index is 13.4. The molecular formula is C22H27FN2O4. The van der Waals surface area contributed by atoms with E-state index < -0.39 is 5.82 Å². The minimum absolute atomic E-state index is 0.0561. The second-order valence-electron chi connectivity index (χ2n) is 7.97. The smallest absolute Gasteiger partial charge is 0.225 e. The van der Waals surface area contributed by atoms with E-state index in [4.69, 9.17) is 9.47 Å². The highest BCUT2D eigenvalue weighted by molar-refractivity contribution is 5.79. The molecule has 2 aromatic rings. The first kappa shape index (κ1) is 20.0. The molecule has 0 spiro atoms. The number of aromatic amines is 1. The Bertz CT molecular complexity index is 944. The topological polar surface area (TPSA) is 71.6 Å². The monoisotopic (exact) mass is 402 g/mol. The van der Waals surface area contributed by atoms with Crippen LogP contribution in [0.15, 0.2) is 23.0 Å². The average molecular weight is 402 g/mol. The molecule has 1 amide bonds. The van der Waals surface area contributed by atoms with Crippen LogP contribution in [0.2, 0.25) is 0 Å². The first-order valence-electron chi connectivity index (χ1n) is 10.3. The van der Waals surface area contributed by atoms with Crippen LogP contribution in [0, 0.1) is 18.7 Å². The van der Waals surface area contributed by atoms with Gasteiger partial charge in [-0.15, -0.1) is 0 Å². The third kappa shape index (κ3) is 4.36. The molecule has 2 aliphatic heterocycles. The van der Waals surface area contributed by atoms with Gasteiger partial charge in [0.15, 0.2) is 5.43 Å². The molecule has 2 saturated heterocycles. The van der Waals surface area contributed by atoms with Crippen molar-refractivity contribution in [1.82, 2.24) is 9.88 Å². The van der Waals surface area contributed by atoms with Crippen LogP contribution in [0.1, 0.15) is 36.9 Å². The molecule has 4 rings (SSSR count). The minimum Gasteiger partial charge on any atom is -0.381 e. The zero-order valence-corrected chi connectivity index (χ0v) is 16.7. The second kappa shape index (κ2) is 8.63. The number of carbonyl (C=O) groups excluding carboxylic acids is 1. The van der Waals surface area contributed by atoms with Gasteiger partial charge in [-0.25, -0.2) is 4.39 Å². The maximum Gasteiger partial charge on any atom is 0.225 e. The fourth-order valence-electron chi connectivity index (χ4n) is 4.20. The number of nitrogens with one attached hydrogen (secondary N) is 1. The van der Waals surface area contributed by atoms with Crippen molar-refractivity contribution < 1.29 is 18.7 Å². The predicted octanol–water partition coefficient (Wildman–Crippen LogP) is 2.91. The SMILES string of the molecule is Cc1c(COC2CCN(C(=O)C3CCOCC3)CC2)[nH]c2ccc(F)cc2c1=O. The Morgan fingerprint density at radius 1 is 1.24 bits per heavy atom. The lowest BCUT2D eigenvalue weighted by Gasteiger charge is -2.35. The van der Waals surface area contributed by atoms with Gasteiger partial charge in [-0.3, -0.25) is 9.59 Å². The van der Waals surface area contributed by atoms with E-state index in [9.17, 15) is 14.0 Å². The van der Waals surface area contributed by atoms with Gasteiger partial charge >= 0.3 is 0 Å². The van der Waals surface area contributed by atoms with Crippen molar-refractivity contribution >= 4 is 16.8 Å². The molecule has 0 saturated carbocycles. The van der Waals surface area contributed by atoms with Crippen LogP contribution >= 0.6 is 0 Å². The normalized spacial score (nSPS) is 19.0. The van der Waals surface area contributed by atoms with Gasteiger partial charge in [-0.2, -0.15) is 0 Å². The number of aromatic nitrogens is 1. The van der Waals surface area contributed by atoms with E-state index in [1.807, 2.05) is 4.90 Å². The molecule has 1 aromatic heterocycles. The number of hydrogen-bond donors (Lipinski definition) is 1. The third-order valence-electron chi connectivity index (χ3n) is 6.09. The van der Waals surface area contributed by atoms with Crippen molar-refractivity contribution in [3.63, 3.8) is 0 Å². The Labute approximate surface area is 169 Å². The summed E-state index contributed by atoms with van der Waals surface area (Å²) < 4.78 is 24.8. The van der Waals surface area contributed by atoms with Crippen LogP contribution in [0.3, 0.4) is 0 Å². The van der Waals surface area contributed by atoms with Gasteiger partial charge in [0.2, 0.25) is 5.91 Å². The minimum atomic E-state index is -0.423. The van der Waals surface area contributed by atoms with Crippen molar-refractivity contribution in [2.75, 3.05) is 26.3 Å². The number of fused-ring (bicyclic) bond motifs is 1. The zero-order valence-electron chi connectivity index (χ0n) is 16.7. The number of hydrogen-bond acceptors (Lipinski definition) is 4. The van der Waals surface area contributed by atoms with E-state index in [1.54, 1.807) is 13.0 Å². The highest BCUT2D eigenvalue weighted by Crippen LogP contribution is 2.22. The van der Waals surface area contributed by atoms with Gasteiger partial charge in [0, 0.05) is 54.4 Å². The van der Waals surface area contributed by atoms with Crippen LogP contribution in [0.25, 0.3) is 10.9 Å². The summed E-state index contributed by atoms with van der Waals surface area (Å²) in [6, 6.07) is 4.18. The predicted molar refractivity (Wildman–Crippen MR) is 107 cm³/mol. The van der Waals surface area contributed by atoms with Crippen LogP contribution in [-0.4, -0.2) is 48.2 Å². The lowest BCUT2D eigenvalue weighted by atomic mass is 9.97. The number of likely N-dealkylation sites (tertiary alicyclic amines) is 1. The third-order valence-corrected chi connectivity index (χ3v) is 6.09. The lowest BCUT2D eigenvalue weighted by molar-refractivity contribution is -0.141. The number of halogens is 1. The fourth-order valence-corrected chi connectivity index (χ4v) is 4.20. The second-order valence-corrected chi connectivity index (χ2v) is 7.97. The van der Waals surface area contributed by atoms with Crippen LogP contribution in [-0.2, 0) is 20.9 Å². The highest BCUT2D eigenvalue weighted by Gasteiger charge is 2.29. The average Bonchev–Trinajstić information content (AvgIpc) is 2.76. The number of rotatable bonds is 4. The number of pyridine rings is 1. The number of benzene rings is 1. The van der Waals surface area contributed by atoms with E-state index in [1.165, 1.54) is 12.1 Å². The zero-order chi connectivity index (χ0) is 20.4. The number of piperidine rings is 1. The van der Waals surface area contributed by atoms with E-state index in [0.29, 0.717) is 49.4 Å². The van der Waals surface area contributed by atoms with Gasteiger partial charge in [0.05, 0.1) is 12.7 Å². The van der Waals surface area contributed by atoms with Crippen LogP contribution in [0.5, 0.6) is 0 Å². The maximum atomic E-state index is 13.4. The Morgan fingerprint density at radius 2 is 1.97 bits per heavy atom. The summed E-state index contributed by atoms with van der Waals surface area (Å²) >= 11 is 0. The van der Waals surface area contributed by atoms with Gasteiger partial charge in [-0.05, 0) is 50.8 Å². The van der Waals surface area contributed by atoms with Gasteiger partial charge in [-0.1, -0.05) is 0 Å². The molecule has 0 unspecified atom stereocenters. The molecule has 6 nitrogen and oxygen atoms in total. The van der Waals surface area contributed by atoms with E-state index >= 15 is 0 Å². The first-order chi connectivity index (χ1) is 14.0. The summed E-state index contributed by atoms with van der Waals surface area (Å²) in [6.45, 7) is 4.78. The summed E-state index contributed by atoms with van der Waals surface area (Å²) in [6.07, 6.45) is 3.26.